The number of halogens is 1. The summed E-state index contributed by atoms with van der Waals surface area (Å²) in [6.45, 7) is 6.65. The van der Waals surface area contributed by atoms with Crippen molar-refractivity contribution in [3.63, 3.8) is 0 Å². The number of aromatic nitrogens is 2. The summed E-state index contributed by atoms with van der Waals surface area (Å²) in [7, 11) is 0. The van der Waals surface area contributed by atoms with Gasteiger partial charge in [0.15, 0.2) is 0 Å². The van der Waals surface area contributed by atoms with E-state index < -0.39 is 6.10 Å². The molecule has 1 aromatic heterocycles. The molecule has 0 bridgehead atoms. The Morgan fingerprint density at radius 3 is 2.57 bits per heavy atom. The molecule has 1 heterocycles. The summed E-state index contributed by atoms with van der Waals surface area (Å²) in [4.78, 5) is 12.4. The summed E-state index contributed by atoms with van der Waals surface area (Å²) >= 11 is 0. The van der Waals surface area contributed by atoms with E-state index in [9.17, 15) is 14.3 Å². The van der Waals surface area contributed by atoms with Crippen molar-refractivity contribution in [1.82, 2.24) is 15.1 Å². The number of aliphatic hydroxyl groups is 1. The molecule has 124 valence electrons. The number of nitrogens with one attached hydrogen (secondary N) is 1. The topological polar surface area (TPSA) is 67.2 Å². The van der Waals surface area contributed by atoms with Gasteiger partial charge < -0.3 is 10.4 Å². The smallest absolute Gasteiger partial charge is 0.254 e. The molecule has 23 heavy (non-hydrogen) atoms. The Balaban J connectivity index is 2.04. The normalized spacial score (nSPS) is 12.4. The predicted octanol–water partition coefficient (Wildman–Crippen LogP) is 2.63. The number of rotatable bonds is 6. The number of carbonyl (C=O) groups is 1. The van der Waals surface area contributed by atoms with Gasteiger partial charge in [0.1, 0.15) is 5.82 Å². The first kappa shape index (κ1) is 17.1. The lowest BCUT2D eigenvalue weighted by molar-refractivity contribution is 0.0915. The number of aliphatic hydroxyl groups excluding tert-OH is 1. The monoisotopic (exact) mass is 319 g/mol. The second kappa shape index (κ2) is 7.37. The number of hydrogen-bond acceptors (Lipinski definition) is 3. The van der Waals surface area contributed by atoms with Crippen LogP contribution in [-0.4, -0.2) is 27.3 Å². The van der Waals surface area contributed by atoms with Crippen LogP contribution in [0.2, 0.25) is 0 Å². The van der Waals surface area contributed by atoms with Crippen molar-refractivity contribution >= 4 is 5.91 Å². The van der Waals surface area contributed by atoms with Gasteiger partial charge in [0.25, 0.3) is 5.91 Å². The zero-order valence-corrected chi connectivity index (χ0v) is 13.6. The third kappa shape index (κ3) is 4.16. The first-order valence-corrected chi connectivity index (χ1v) is 7.71. The van der Waals surface area contributed by atoms with Crippen molar-refractivity contribution in [2.75, 3.05) is 6.54 Å². The maximum atomic E-state index is 12.9. The van der Waals surface area contributed by atoms with E-state index in [1.807, 2.05) is 20.8 Å². The van der Waals surface area contributed by atoms with Gasteiger partial charge in [0, 0.05) is 19.3 Å². The molecule has 1 aromatic carbocycles. The molecule has 5 nitrogen and oxygen atoms in total. The van der Waals surface area contributed by atoms with Crippen molar-refractivity contribution in [3.8, 4) is 0 Å². The molecule has 0 fully saturated rings. The van der Waals surface area contributed by atoms with Crippen LogP contribution in [-0.2, 0) is 6.54 Å². The van der Waals surface area contributed by atoms with E-state index in [-0.39, 0.29) is 24.2 Å². The van der Waals surface area contributed by atoms with Gasteiger partial charge in [-0.1, -0.05) is 26.0 Å². The maximum absolute atomic E-state index is 12.9. The molecule has 0 aliphatic carbocycles. The van der Waals surface area contributed by atoms with Crippen LogP contribution in [0.15, 0.2) is 30.5 Å². The molecule has 0 aliphatic heterocycles. The van der Waals surface area contributed by atoms with Crippen LogP contribution < -0.4 is 5.32 Å². The number of aryl methyl sites for hydroxylation is 1. The van der Waals surface area contributed by atoms with Gasteiger partial charge in [-0.3, -0.25) is 9.48 Å². The van der Waals surface area contributed by atoms with Gasteiger partial charge in [-0.05, 0) is 30.5 Å². The van der Waals surface area contributed by atoms with Gasteiger partial charge in [0.2, 0.25) is 0 Å². The lowest BCUT2D eigenvalue weighted by Gasteiger charge is -2.12. The zero-order chi connectivity index (χ0) is 17.0. The average Bonchev–Trinajstić information content (AvgIpc) is 2.97. The summed E-state index contributed by atoms with van der Waals surface area (Å²) < 4.78 is 14.6. The van der Waals surface area contributed by atoms with Gasteiger partial charge in [-0.25, -0.2) is 4.39 Å². The summed E-state index contributed by atoms with van der Waals surface area (Å²) in [5, 5.41) is 17.2. The fourth-order valence-electron chi connectivity index (χ4n) is 2.29. The van der Waals surface area contributed by atoms with E-state index in [1.165, 1.54) is 24.3 Å². The SMILES string of the molecule is CCn1cc(C(=O)NCC(O)c2ccc(F)cc2)c(C(C)C)n1. The summed E-state index contributed by atoms with van der Waals surface area (Å²) in [6, 6.07) is 5.56. The Morgan fingerprint density at radius 1 is 1.35 bits per heavy atom. The molecule has 6 heteroatoms. The molecular weight excluding hydrogens is 297 g/mol. The molecule has 2 rings (SSSR count). The van der Waals surface area contributed by atoms with Crippen LogP contribution in [0.3, 0.4) is 0 Å². The van der Waals surface area contributed by atoms with Gasteiger partial charge in [0.05, 0.1) is 17.4 Å². The summed E-state index contributed by atoms with van der Waals surface area (Å²) in [6.07, 6.45) is 0.831. The summed E-state index contributed by atoms with van der Waals surface area (Å²) in [5.41, 5.74) is 1.81. The number of nitrogens with zero attached hydrogens (tertiary/aromatic N) is 2. The largest absolute Gasteiger partial charge is 0.387 e. The highest BCUT2D eigenvalue weighted by molar-refractivity contribution is 5.95. The number of hydrogen-bond donors (Lipinski definition) is 2. The van der Waals surface area contributed by atoms with Crippen molar-refractivity contribution in [2.24, 2.45) is 0 Å². The van der Waals surface area contributed by atoms with Gasteiger partial charge in [-0.2, -0.15) is 5.10 Å². The van der Waals surface area contributed by atoms with E-state index in [0.29, 0.717) is 17.7 Å². The van der Waals surface area contributed by atoms with Crippen LogP contribution in [0, 0.1) is 5.82 Å². The van der Waals surface area contributed by atoms with E-state index in [2.05, 4.69) is 10.4 Å². The van der Waals surface area contributed by atoms with Crippen molar-refractivity contribution in [2.45, 2.75) is 39.3 Å². The molecule has 0 radical (unpaired) electrons. The van der Waals surface area contributed by atoms with Crippen molar-refractivity contribution in [1.29, 1.82) is 0 Å². The molecule has 0 spiro atoms. The molecule has 0 saturated carbocycles. The van der Waals surface area contributed by atoms with E-state index >= 15 is 0 Å². The van der Waals surface area contributed by atoms with Gasteiger partial charge in [-0.15, -0.1) is 0 Å². The molecule has 2 aromatic rings. The van der Waals surface area contributed by atoms with Crippen molar-refractivity contribution in [3.05, 3.63) is 53.1 Å². The Kier molecular flexibility index (Phi) is 5.50. The highest BCUT2D eigenvalue weighted by Gasteiger charge is 2.19. The lowest BCUT2D eigenvalue weighted by atomic mass is 10.1. The Hall–Kier alpha value is -2.21. The van der Waals surface area contributed by atoms with E-state index in [1.54, 1.807) is 10.9 Å². The lowest BCUT2D eigenvalue weighted by Crippen LogP contribution is -2.29. The molecule has 1 unspecified atom stereocenters. The second-order valence-electron chi connectivity index (χ2n) is 5.72. The standard InChI is InChI=1S/C17H22FN3O2/c1-4-21-10-14(16(20-21)11(2)3)17(23)19-9-15(22)12-5-7-13(18)8-6-12/h5-8,10-11,15,22H,4,9H2,1-3H3,(H,19,23). The second-order valence-corrected chi connectivity index (χ2v) is 5.72. The fraction of sp³-hybridized carbons (Fsp3) is 0.412. The molecule has 0 saturated heterocycles. The van der Waals surface area contributed by atoms with E-state index in [0.717, 1.165) is 5.69 Å². The Morgan fingerprint density at radius 2 is 2.00 bits per heavy atom. The number of benzene rings is 1. The summed E-state index contributed by atoms with van der Waals surface area (Å²) in [5.74, 6) is -0.501. The molecule has 1 atom stereocenters. The average molecular weight is 319 g/mol. The quantitative estimate of drug-likeness (QED) is 0.860. The minimum absolute atomic E-state index is 0.0549. The first-order chi connectivity index (χ1) is 10.9. The van der Waals surface area contributed by atoms with E-state index in [4.69, 9.17) is 0 Å². The van der Waals surface area contributed by atoms with Crippen LogP contribution in [0.25, 0.3) is 0 Å². The number of amides is 1. The zero-order valence-electron chi connectivity index (χ0n) is 13.6. The van der Waals surface area contributed by atoms with Gasteiger partial charge >= 0.3 is 0 Å². The van der Waals surface area contributed by atoms with Crippen molar-refractivity contribution < 1.29 is 14.3 Å². The third-order valence-electron chi connectivity index (χ3n) is 3.62. The molecular formula is C17H22FN3O2. The molecule has 1 amide bonds. The number of carbonyl (C=O) groups excluding carboxylic acids is 1. The Bertz CT molecular complexity index is 665. The van der Waals surface area contributed by atoms with Crippen LogP contribution in [0.5, 0.6) is 0 Å². The highest BCUT2D eigenvalue weighted by atomic mass is 19.1. The third-order valence-corrected chi connectivity index (χ3v) is 3.62. The maximum Gasteiger partial charge on any atom is 0.254 e. The van der Waals surface area contributed by atoms with Crippen LogP contribution in [0.1, 0.15) is 54.4 Å². The highest BCUT2D eigenvalue weighted by Crippen LogP contribution is 2.18. The molecule has 0 aliphatic rings. The first-order valence-electron chi connectivity index (χ1n) is 7.71. The fourth-order valence-corrected chi connectivity index (χ4v) is 2.29. The van der Waals surface area contributed by atoms with Crippen LogP contribution >= 0.6 is 0 Å². The minimum atomic E-state index is -0.886. The molecule has 2 N–H and O–H groups in total. The predicted molar refractivity (Wildman–Crippen MR) is 85.7 cm³/mol. The van der Waals surface area contributed by atoms with Crippen LogP contribution in [0.4, 0.5) is 4.39 Å². The minimum Gasteiger partial charge on any atom is -0.387 e. The Labute approximate surface area is 135 Å².